The van der Waals surface area contributed by atoms with Crippen LogP contribution in [-0.4, -0.2) is 78.5 Å². The van der Waals surface area contributed by atoms with E-state index in [2.05, 4.69) is 65.4 Å². The third kappa shape index (κ3) is 6.71. The fourth-order valence-corrected chi connectivity index (χ4v) is 19.0. The number of nitrogens with one attached hydrogen (secondary N) is 1. The molecular weight excluding hydrogens is 663 g/mol. The van der Waals surface area contributed by atoms with Crippen LogP contribution in [0.15, 0.2) is 11.0 Å². The van der Waals surface area contributed by atoms with Crippen LogP contribution in [0.1, 0.15) is 92.7 Å². The summed E-state index contributed by atoms with van der Waals surface area (Å²) in [6.07, 6.45) is 1.10. The first-order valence-electron chi connectivity index (χ1n) is 16.4. The van der Waals surface area contributed by atoms with Crippen molar-refractivity contribution in [2.24, 2.45) is 0 Å². The first kappa shape index (κ1) is 35.8. The first-order chi connectivity index (χ1) is 22.1. The number of ether oxygens (including phenoxy) is 1. The monoisotopic (exact) mass is 709 g/mol. The van der Waals surface area contributed by atoms with E-state index in [1.54, 1.807) is 10.2 Å². The molecule has 260 valence electrons. The van der Waals surface area contributed by atoms with E-state index in [-0.39, 0.29) is 70.9 Å². The van der Waals surface area contributed by atoms with E-state index in [0.717, 1.165) is 0 Å². The maximum Gasteiger partial charge on any atom is 0.335 e. The van der Waals surface area contributed by atoms with E-state index in [1.807, 2.05) is 0 Å². The highest BCUT2D eigenvalue weighted by Crippen LogP contribution is 2.49. The summed E-state index contributed by atoms with van der Waals surface area (Å²) in [6, 6.07) is 0. The van der Waals surface area contributed by atoms with Crippen LogP contribution in [-0.2, 0) is 36.9 Å². The number of amides is 2. The van der Waals surface area contributed by atoms with Crippen LogP contribution in [0.25, 0.3) is 11.0 Å². The molecule has 47 heavy (non-hydrogen) atoms. The zero-order chi connectivity index (χ0) is 34.4. The van der Waals surface area contributed by atoms with Crippen molar-refractivity contribution in [3.8, 4) is 0 Å². The lowest BCUT2D eigenvalue weighted by molar-refractivity contribution is -0.197. The Morgan fingerprint density at radius 1 is 1.02 bits per heavy atom. The Morgan fingerprint density at radius 2 is 1.64 bits per heavy atom. The molecule has 2 aromatic rings. The van der Waals surface area contributed by atoms with E-state index >= 15 is 0 Å². The Labute approximate surface area is 280 Å². The van der Waals surface area contributed by atoms with Crippen LogP contribution in [0, 0.1) is 0 Å². The number of imide groups is 1. The van der Waals surface area contributed by atoms with Gasteiger partial charge in [0.25, 0.3) is 17.4 Å². The largest absolute Gasteiger partial charge is 0.414 e. The van der Waals surface area contributed by atoms with Gasteiger partial charge in [-0.2, -0.15) is 0 Å². The molecule has 5 rings (SSSR count). The number of H-pyrrole nitrogens is 1. The van der Waals surface area contributed by atoms with Gasteiger partial charge in [0, 0.05) is 36.8 Å². The molecule has 3 atom stereocenters. The Balaban J connectivity index is 1.42. The molecule has 0 radical (unpaired) electrons. The molecule has 3 aliphatic heterocycles. The van der Waals surface area contributed by atoms with Crippen LogP contribution in [0.3, 0.4) is 0 Å². The number of nitrogens with zero attached hydrogens (tertiary/aromatic N) is 3. The van der Waals surface area contributed by atoms with Crippen molar-refractivity contribution in [3.05, 3.63) is 22.1 Å². The number of aromatic nitrogens is 3. The lowest BCUT2D eigenvalue weighted by atomic mass is 10.1. The Morgan fingerprint density at radius 3 is 2.23 bits per heavy atom. The van der Waals surface area contributed by atoms with Gasteiger partial charge in [0.1, 0.15) is 17.1 Å². The number of hydrogen-bond donors (Lipinski definition) is 2. The smallest absolute Gasteiger partial charge is 0.335 e. The third-order valence-electron chi connectivity index (χ3n) is 9.29. The summed E-state index contributed by atoms with van der Waals surface area (Å²) in [5.74, 6) is -1.64. The van der Waals surface area contributed by atoms with Gasteiger partial charge >= 0.3 is 23.1 Å². The number of fused-ring (bicyclic) bond motifs is 2. The lowest BCUT2D eigenvalue weighted by Gasteiger charge is -2.51. The topological polar surface area (TPSA) is 177 Å². The van der Waals surface area contributed by atoms with Gasteiger partial charge in [-0.1, -0.05) is 55.4 Å². The molecule has 3 aliphatic rings. The number of hydroxylamine groups is 2. The molecule has 1 unspecified atom stereocenters. The van der Waals surface area contributed by atoms with Gasteiger partial charge in [-0.3, -0.25) is 23.3 Å². The molecule has 2 aromatic heterocycles. The summed E-state index contributed by atoms with van der Waals surface area (Å²) >= 11 is 1.19. The van der Waals surface area contributed by atoms with Crippen molar-refractivity contribution in [3.63, 3.8) is 0 Å². The van der Waals surface area contributed by atoms with Crippen molar-refractivity contribution in [1.82, 2.24) is 19.0 Å². The molecule has 0 aromatic carbocycles. The Kier molecular flexibility index (Phi) is 10.5. The Bertz CT molecular complexity index is 1550. The van der Waals surface area contributed by atoms with Crippen molar-refractivity contribution < 1.29 is 36.9 Å². The number of nitrogen functional groups attached to an aromatic ring is 1. The van der Waals surface area contributed by atoms with Crippen molar-refractivity contribution in [2.45, 2.75) is 122 Å². The number of anilines is 1. The molecule has 14 nitrogen and oxygen atoms in total. The summed E-state index contributed by atoms with van der Waals surface area (Å²) in [4.78, 5) is 61.2. The fraction of sp³-hybridized carbons (Fsp3) is 0.700. The van der Waals surface area contributed by atoms with Gasteiger partial charge in [0.2, 0.25) is 5.95 Å². The standard InChI is InChI=1S/C30H47N5O9SSi2/c1-16(2)46(17(3)4)40-15-23-22(43-47(44-46,18(5)6)19(7)8)13-21(41-23)20-14-34(28-27(20)32-30(31)33-29(28)39)45-12-11-26(38)42-35-24(36)9-10-25(35)37/h14,16-19,21-23H,9-13,15H2,1-8H3,(H3,31,32,33,39)/t21-,22?,23+/m1/s1. The summed E-state index contributed by atoms with van der Waals surface area (Å²) in [7, 11) is -5.59. The van der Waals surface area contributed by atoms with Gasteiger partial charge in [-0.05, 0) is 34.1 Å². The van der Waals surface area contributed by atoms with Crippen molar-refractivity contribution >= 4 is 63.8 Å². The number of carbonyl (C=O) groups is 3. The quantitative estimate of drug-likeness (QED) is 0.260. The number of carbonyl (C=O) groups excluding carboxylic acids is 3. The average Bonchev–Trinajstić information content (AvgIpc) is 3.63. The highest BCUT2D eigenvalue weighted by molar-refractivity contribution is 7.98. The Hall–Kier alpha value is -2.55. The van der Waals surface area contributed by atoms with Gasteiger partial charge in [0.05, 0.1) is 25.2 Å². The van der Waals surface area contributed by atoms with Gasteiger partial charge in [0.15, 0.2) is 0 Å². The minimum absolute atomic E-state index is 0.0173. The summed E-state index contributed by atoms with van der Waals surface area (Å²) in [5.41, 5.74) is 7.64. The number of nitrogens with two attached hydrogens (primary N) is 1. The molecule has 3 fully saturated rings. The number of rotatable bonds is 10. The van der Waals surface area contributed by atoms with Crippen LogP contribution in [0.4, 0.5) is 5.95 Å². The predicted molar refractivity (Wildman–Crippen MR) is 180 cm³/mol. The van der Waals surface area contributed by atoms with Crippen LogP contribution in [0.2, 0.25) is 22.2 Å². The van der Waals surface area contributed by atoms with E-state index < -0.39 is 46.6 Å². The van der Waals surface area contributed by atoms with E-state index in [0.29, 0.717) is 29.2 Å². The minimum atomic E-state index is -2.85. The van der Waals surface area contributed by atoms with Crippen LogP contribution in [0.5, 0.6) is 0 Å². The van der Waals surface area contributed by atoms with Crippen LogP contribution >= 0.6 is 11.9 Å². The zero-order valence-electron chi connectivity index (χ0n) is 28.4. The maximum absolute atomic E-state index is 13.1. The lowest BCUT2D eigenvalue weighted by Crippen LogP contribution is -2.65. The fourth-order valence-electron chi connectivity index (χ4n) is 6.86. The van der Waals surface area contributed by atoms with Crippen LogP contribution < -0.4 is 11.3 Å². The van der Waals surface area contributed by atoms with E-state index in [9.17, 15) is 19.2 Å². The third-order valence-corrected chi connectivity index (χ3v) is 20.5. The van der Waals surface area contributed by atoms with Gasteiger partial charge < -0.3 is 28.3 Å². The molecule has 0 saturated carbocycles. The molecule has 5 heterocycles. The van der Waals surface area contributed by atoms with Gasteiger partial charge in [-0.25, -0.2) is 9.78 Å². The molecule has 0 aliphatic carbocycles. The molecule has 2 amide bonds. The molecule has 3 N–H and O–H groups in total. The minimum Gasteiger partial charge on any atom is -0.414 e. The second-order valence-electron chi connectivity index (χ2n) is 13.7. The SMILES string of the molecule is CC(C)[Si]1(C(C)C)OC[C@@H]2O[C@@H](c3cn(SCCC(=O)ON4C(=O)CCC4=O)c4c(=O)[nH]c(N)nc34)CC2O[Si](C(C)C)(C(C)C)O1. The molecule has 0 spiro atoms. The van der Waals surface area contributed by atoms with E-state index in [4.69, 9.17) is 28.3 Å². The van der Waals surface area contributed by atoms with Gasteiger partial charge in [-0.15, -0.1) is 5.06 Å². The summed E-state index contributed by atoms with van der Waals surface area (Å²) < 4.78 is 29.7. The van der Waals surface area contributed by atoms with Crippen molar-refractivity contribution in [2.75, 3.05) is 18.1 Å². The summed E-state index contributed by atoms with van der Waals surface area (Å²) in [6.45, 7) is 17.7. The predicted octanol–water partition coefficient (Wildman–Crippen LogP) is 4.59. The first-order valence-corrected chi connectivity index (χ1v) is 21.3. The normalized spacial score (nSPS) is 24.5. The van der Waals surface area contributed by atoms with E-state index in [1.165, 1.54) is 11.9 Å². The van der Waals surface area contributed by atoms with Crippen molar-refractivity contribution in [1.29, 1.82) is 0 Å². The summed E-state index contributed by atoms with van der Waals surface area (Å²) in [5, 5.41) is 0.525. The average molecular weight is 710 g/mol. The highest BCUT2D eigenvalue weighted by Gasteiger charge is 2.60. The number of hydrogen-bond acceptors (Lipinski definition) is 12. The second-order valence-corrected chi connectivity index (χ2v) is 23.6. The molecular formula is C30H47N5O9SSi2. The second kappa shape index (κ2) is 13.8. The highest BCUT2D eigenvalue weighted by atomic mass is 32.2. The molecule has 17 heteroatoms. The number of aromatic amines is 1. The zero-order valence-corrected chi connectivity index (χ0v) is 31.2. The maximum atomic E-state index is 13.1. The molecule has 3 saturated heterocycles. The molecule has 0 bridgehead atoms.